The molecule has 0 amide bonds. The molecule has 1 aromatic heterocycles. The number of benzene rings is 3. The molecule has 0 spiro atoms. The number of fused-ring (bicyclic) bond motifs is 1. The minimum Gasteiger partial charge on any atom is -0.233 e. The van der Waals surface area contributed by atoms with Crippen molar-refractivity contribution < 1.29 is 30.4 Å². The maximum atomic E-state index is 14.4. The normalized spacial score (nSPS) is 11.8. The summed E-state index contributed by atoms with van der Waals surface area (Å²) in [6.07, 6.45) is 0. The van der Waals surface area contributed by atoms with Crippen LogP contribution in [0.3, 0.4) is 0 Å². The van der Waals surface area contributed by atoms with Gasteiger partial charge in [0.15, 0.2) is 16.7 Å². The summed E-state index contributed by atoms with van der Waals surface area (Å²) in [5.74, 6) is -5.35. The van der Waals surface area contributed by atoms with Gasteiger partial charge in [-0.15, -0.1) is 0 Å². The molecule has 30 heavy (non-hydrogen) atoms. The zero-order valence-corrected chi connectivity index (χ0v) is 15.7. The first kappa shape index (κ1) is 20.0. The minimum absolute atomic E-state index is 0.000872. The Morgan fingerprint density at radius 2 is 1.40 bits per heavy atom. The maximum Gasteiger partial charge on any atom is 0.223 e. The average molecular weight is 435 g/mol. The van der Waals surface area contributed by atoms with E-state index >= 15 is 0 Å². The fraction of sp³-hybridized carbons (Fsp3) is 0. The number of pyridine rings is 1. The number of rotatable bonds is 3. The summed E-state index contributed by atoms with van der Waals surface area (Å²) >= 11 is 0. The summed E-state index contributed by atoms with van der Waals surface area (Å²) in [7, 11) is -4.51. The number of hydrogen-bond donors (Lipinski definition) is 0. The Morgan fingerprint density at radius 1 is 0.700 bits per heavy atom. The van der Waals surface area contributed by atoms with E-state index in [9.17, 15) is 30.4 Å². The Bertz CT molecular complexity index is 1400. The summed E-state index contributed by atoms with van der Waals surface area (Å²) in [5, 5.41) is -0.574. The molecule has 0 radical (unpaired) electrons. The van der Waals surface area contributed by atoms with Gasteiger partial charge in [-0.1, -0.05) is 12.1 Å². The van der Waals surface area contributed by atoms with Gasteiger partial charge in [-0.25, -0.2) is 35.4 Å². The third-order valence-electron chi connectivity index (χ3n) is 4.42. The van der Waals surface area contributed by atoms with E-state index in [0.717, 1.165) is 30.3 Å². The minimum atomic E-state index is -4.51. The van der Waals surface area contributed by atoms with E-state index in [-0.39, 0.29) is 22.0 Å². The average Bonchev–Trinajstić information content (AvgIpc) is 2.69. The molecular weight excluding hydrogens is 425 g/mol. The van der Waals surface area contributed by atoms with Crippen LogP contribution in [0, 0.1) is 29.1 Å². The molecule has 9 heteroatoms. The number of hydrogen-bond acceptors (Lipinski definition) is 3. The van der Waals surface area contributed by atoms with Crippen molar-refractivity contribution in [3.05, 3.63) is 89.7 Å². The second-order valence-electron chi connectivity index (χ2n) is 6.38. The van der Waals surface area contributed by atoms with Crippen LogP contribution in [0.4, 0.5) is 22.0 Å². The first-order valence-electron chi connectivity index (χ1n) is 8.43. The van der Waals surface area contributed by atoms with Gasteiger partial charge in [0.2, 0.25) is 9.84 Å². The summed E-state index contributed by atoms with van der Waals surface area (Å²) < 4.78 is 94.6. The first-order valence-corrected chi connectivity index (χ1v) is 9.91. The SMILES string of the molecule is O=S(=O)(c1ccc(F)c(F)c1)c1cc(-c2cc(F)cc(F)c2)c2cccc(F)c2n1. The molecule has 3 aromatic carbocycles. The Kier molecular flexibility index (Phi) is 4.77. The molecule has 0 bridgehead atoms. The zero-order chi connectivity index (χ0) is 21.6. The van der Waals surface area contributed by atoms with Crippen molar-refractivity contribution in [2.24, 2.45) is 0 Å². The highest BCUT2D eigenvalue weighted by Gasteiger charge is 2.24. The van der Waals surface area contributed by atoms with Gasteiger partial charge in [-0.3, -0.25) is 0 Å². The molecule has 0 N–H and O–H groups in total. The second kappa shape index (κ2) is 7.17. The van der Waals surface area contributed by atoms with Crippen LogP contribution >= 0.6 is 0 Å². The van der Waals surface area contributed by atoms with E-state index in [1.165, 1.54) is 12.1 Å². The molecule has 0 saturated carbocycles. The lowest BCUT2D eigenvalue weighted by Crippen LogP contribution is -2.07. The molecular formula is C21H10F5NO2S. The van der Waals surface area contributed by atoms with Gasteiger partial charge < -0.3 is 0 Å². The van der Waals surface area contributed by atoms with Crippen LogP contribution in [0.1, 0.15) is 0 Å². The van der Waals surface area contributed by atoms with Crippen LogP contribution in [-0.4, -0.2) is 13.4 Å². The molecule has 1 heterocycles. The highest BCUT2D eigenvalue weighted by atomic mass is 32.2. The predicted molar refractivity (Wildman–Crippen MR) is 98.9 cm³/mol. The molecule has 0 saturated heterocycles. The monoisotopic (exact) mass is 435 g/mol. The van der Waals surface area contributed by atoms with Crippen molar-refractivity contribution in [3.63, 3.8) is 0 Å². The van der Waals surface area contributed by atoms with Crippen LogP contribution < -0.4 is 0 Å². The molecule has 0 atom stereocenters. The van der Waals surface area contributed by atoms with Crippen molar-refractivity contribution in [3.8, 4) is 11.1 Å². The molecule has 0 aliphatic carbocycles. The molecule has 0 aliphatic rings. The summed E-state index contributed by atoms with van der Waals surface area (Å²) in [5.41, 5.74) is -0.410. The van der Waals surface area contributed by atoms with Crippen molar-refractivity contribution in [1.29, 1.82) is 0 Å². The van der Waals surface area contributed by atoms with E-state index in [0.29, 0.717) is 18.2 Å². The van der Waals surface area contributed by atoms with Crippen molar-refractivity contribution in [2.45, 2.75) is 9.92 Å². The second-order valence-corrected chi connectivity index (χ2v) is 8.28. The summed E-state index contributed by atoms with van der Waals surface area (Å²) in [4.78, 5) is 3.23. The number of sulfone groups is 1. The Balaban J connectivity index is 2.04. The van der Waals surface area contributed by atoms with Crippen LogP contribution in [-0.2, 0) is 9.84 Å². The third-order valence-corrected chi connectivity index (χ3v) is 6.05. The third kappa shape index (κ3) is 3.41. The number of halogens is 5. The molecule has 152 valence electrons. The standard InChI is InChI=1S/C21H10F5NO2S/c22-12-6-11(7-13(23)8-12)16-10-20(27-21-15(16)2-1-3-18(21)25)30(28,29)14-4-5-17(24)19(26)9-14/h1-10H. The van der Waals surface area contributed by atoms with E-state index < -0.39 is 48.8 Å². The number of aromatic nitrogens is 1. The number of para-hydroxylation sites is 1. The van der Waals surface area contributed by atoms with Gasteiger partial charge in [-0.05, 0) is 53.6 Å². The highest BCUT2D eigenvalue weighted by Crippen LogP contribution is 2.33. The predicted octanol–water partition coefficient (Wildman–Crippen LogP) is 5.43. The maximum absolute atomic E-state index is 14.4. The first-order chi connectivity index (χ1) is 14.2. The van der Waals surface area contributed by atoms with Gasteiger partial charge in [-0.2, -0.15) is 0 Å². The molecule has 0 unspecified atom stereocenters. The highest BCUT2D eigenvalue weighted by molar-refractivity contribution is 7.91. The van der Waals surface area contributed by atoms with Gasteiger partial charge in [0, 0.05) is 11.5 Å². The van der Waals surface area contributed by atoms with E-state index in [4.69, 9.17) is 0 Å². The lowest BCUT2D eigenvalue weighted by atomic mass is 10.0. The van der Waals surface area contributed by atoms with Gasteiger partial charge in [0.25, 0.3) is 0 Å². The molecule has 0 aliphatic heterocycles. The topological polar surface area (TPSA) is 47.0 Å². The van der Waals surface area contributed by atoms with Crippen molar-refractivity contribution >= 4 is 20.7 Å². The molecule has 3 nitrogen and oxygen atoms in total. The fourth-order valence-electron chi connectivity index (χ4n) is 3.04. The number of nitrogens with zero attached hydrogens (tertiary/aromatic N) is 1. The molecule has 0 fully saturated rings. The Hall–Kier alpha value is -3.33. The molecule has 4 aromatic rings. The zero-order valence-electron chi connectivity index (χ0n) is 14.8. The lowest BCUT2D eigenvalue weighted by molar-refractivity contribution is 0.504. The van der Waals surface area contributed by atoms with Crippen LogP contribution in [0.2, 0.25) is 0 Å². The summed E-state index contributed by atoms with van der Waals surface area (Å²) in [6, 6.07) is 9.28. The fourth-order valence-corrected chi connectivity index (χ4v) is 4.27. The van der Waals surface area contributed by atoms with E-state index in [1.54, 1.807) is 0 Å². The van der Waals surface area contributed by atoms with Gasteiger partial charge >= 0.3 is 0 Å². The van der Waals surface area contributed by atoms with Gasteiger partial charge in [0.1, 0.15) is 23.0 Å². The smallest absolute Gasteiger partial charge is 0.223 e. The largest absolute Gasteiger partial charge is 0.233 e. The Morgan fingerprint density at radius 3 is 2.07 bits per heavy atom. The summed E-state index contributed by atoms with van der Waals surface area (Å²) in [6.45, 7) is 0. The Labute approximate surface area is 167 Å². The van der Waals surface area contributed by atoms with Crippen molar-refractivity contribution in [1.82, 2.24) is 4.98 Å². The van der Waals surface area contributed by atoms with Crippen LogP contribution in [0.5, 0.6) is 0 Å². The molecule has 4 rings (SSSR count). The lowest BCUT2D eigenvalue weighted by Gasteiger charge is -2.12. The van der Waals surface area contributed by atoms with E-state index in [2.05, 4.69) is 4.98 Å². The van der Waals surface area contributed by atoms with E-state index in [1.807, 2.05) is 0 Å². The quantitative estimate of drug-likeness (QED) is 0.319. The van der Waals surface area contributed by atoms with Gasteiger partial charge in [0.05, 0.1) is 4.90 Å². The van der Waals surface area contributed by atoms with Crippen LogP contribution in [0.15, 0.2) is 70.6 Å². The van der Waals surface area contributed by atoms with Crippen LogP contribution in [0.25, 0.3) is 22.0 Å². The van der Waals surface area contributed by atoms with Crippen molar-refractivity contribution in [2.75, 3.05) is 0 Å².